The fraction of sp³-hybridized carbons (Fsp3) is 0.870. The average molecular weight is 482 g/mol. The summed E-state index contributed by atoms with van der Waals surface area (Å²) in [5.74, 6) is 0.266. The minimum Gasteiger partial charge on any atom is -0.445 e. The Bertz CT molecular complexity index is 766. The number of hydrogen-bond donors (Lipinski definition) is 3. The summed E-state index contributed by atoms with van der Waals surface area (Å²) in [6, 6.07) is -0.544. The van der Waals surface area contributed by atoms with Crippen LogP contribution in [0.5, 0.6) is 0 Å². The Hall–Kier alpha value is -2.11. The standard InChI is InChI=1S/C23H39N5O6/c1-13(2)9-27(23(31)28-7-4-15(20(25)29)18(24)10-28)6-3-5-26-22(30)34-19-14-8-16-17(19)12-33-21(16)32-11-14/h13-19,21H,3-12,24H2,1-2H3,(H2,25,29)(H,26,30). The van der Waals surface area contributed by atoms with Crippen LogP contribution in [0.2, 0.25) is 0 Å². The molecule has 11 heteroatoms. The molecule has 7 unspecified atom stereocenters. The van der Waals surface area contributed by atoms with Gasteiger partial charge in [-0.2, -0.15) is 0 Å². The van der Waals surface area contributed by atoms with Gasteiger partial charge in [0.1, 0.15) is 6.10 Å². The molecule has 0 spiro atoms. The Morgan fingerprint density at radius 2 is 1.97 bits per heavy atom. The van der Waals surface area contributed by atoms with Crippen LogP contribution in [0.15, 0.2) is 0 Å². The summed E-state index contributed by atoms with van der Waals surface area (Å²) in [5, 5.41) is 2.83. The Balaban J connectivity index is 1.21. The molecule has 34 heavy (non-hydrogen) atoms. The highest BCUT2D eigenvalue weighted by Crippen LogP contribution is 2.49. The smallest absolute Gasteiger partial charge is 0.407 e. The van der Waals surface area contributed by atoms with Gasteiger partial charge in [0.25, 0.3) is 0 Å². The molecule has 7 atom stereocenters. The second kappa shape index (κ2) is 10.7. The molecule has 5 N–H and O–H groups in total. The number of alkyl carbamates (subject to hydrolysis) is 1. The fourth-order valence-corrected chi connectivity index (χ4v) is 5.89. The highest BCUT2D eigenvalue weighted by molar-refractivity contribution is 5.79. The first-order valence-electron chi connectivity index (χ1n) is 12.5. The van der Waals surface area contributed by atoms with Crippen LogP contribution in [0, 0.1) is 29.6 Å². The van der Waals surface area contributed by atoms with E-state index in [2.05, 4.69) is 19.2 Å². The van der Waals surface area contributed by atoms with Crippen molar-refractivity contribution in [2.75, 3.05) is 45.9 Å². The van der Waals surface area contributed by atoms with Crippen molar-refractivity contribution in [2.45, 2.75) is 51.5 Å². The first-order valence-corrected chi connectivity index (χ1v) is 12.5. The number of ether oxygens (including phenoxy) is 3. The van der Waals surface area contributed by atoms with Crippen molar-refractivity contribution >= 4 is 18.0 Å². The minimum atomic E-state index is -0.450. The predicted octanol–water partition coefficient (Wildman–Crippen LogP) is 0.323. The minimum absolute atomic E-state index is 0.0938. The zero-order chi connectivity index (χ0) is 24.4. The molecule has 4 aliphatic rings. The maximum Gasteiger partial charge on any atom is 0.407 e. The largest absolute Gasteiger partial charge is 0.445 e. The summed E-state index contributed by atoms with van der Waals surface area (Å²) in [6.07, 6.45) is 1.34. The van der Waals surface area contributed by atoms with E-state index in [1.54, 1.807) is 9.80 Å². The lowest BCUT2D eigenvalue weighted by atomic mass is 9.92. The van der Waals surface area contributed by atoms with Crippen molar-refractivity contribution in [1.29, 1.82) is 0 Å². The molecule has 4 fully saturated rings. The normalized spacial score (nSPS) is 34.2. The van der Waals surface area contributed by atoms with Crippen LogP contribution in [0.3, 0.4) is 0 Å². The molecule has 1 saturated carbocycles. The third-order valence-corrected chi connectivity index (χ3v) is 7.56. The van der Waals surface area contributed by atoms with Crippen molar-refractivity contribution in [3.63, 3.8) is 0 Å². The first kappa shape index (κ1) is 25.0. The summed E-state index contributed by atoms with van der Waals surface area (Å²) in [4.78, 5) is 40.6. The van der Waals surface area contributed by atoms with E-state index < -0.39 is 24.0 Å². The van der Waals surface area contributed by atoms with Gasteiger partial charge in [0, 0.05) is 56.5 Å². The number of nitrogens with two attached hydrogens (primary N) is 2. The molecule has 192 valence electrons. The monoisotopic (exact) mass is 481 g/mol. The van der Waals surface area contributed by atoms with E-state index in [1.165, 1.54) is 0 Å². The van der Waals surface area contributed by atoms with Gasteiger partial charge in [0.2, 0.25) is 5.91 Å². The molecule has 0 aromatic carbocycles. The molecule has 2 bridgehead atoms. The molecule has 4 amide bonds. The predicted molar refractivity (Wildman–Crippen MR) is 122 cm³/mol. The van der Waals surface area contributed by atoms with Crippen molar-refractivity contribution in [2.24, 2.45) is 41.1 Å². The van der Waals surface area contributed by atoms with Crippen LogP contribution in [0.4, 0.5) is 9.59 Å². The second-order valence-electron chi connectivity index (χ2n) is 10.5. The molecule has 0 aromatic heterocycles. The molecular formula is C23H39N5O6. The highest BCUT2D eigenvalue weighted by Gasteiger charge is 2.56. The Morgan fingerprint density at radius 1 is 1.21 bits per heavy atom. The van der Waals surface area contributed by atoms with Crippen molar-refractivity contribution in [1.82, 2.24) is 15.1 Å². The zero-order valence-electron chi connectivity index (χ0n) is 20.2. The van der Waals surface area contributed by atoms with Gasteiger partial charge >= 0.3 is 12.1 Å². The number of urea groups is 1. The Morgan fingerprint density at radius 3 is 2.68 bits per heavy atom. The van der Waals surface area contributed by atoms with Crippen molar-refractivity contribution < 1.29 is 28.6 Å². The molecule has 3 saturated heterocycles. The third kappa shape index (κ3) is 5.41. The van der Waals surface area contributed by atoms with Crippen LogP contribution >= 0.6 is 0 Å². The number of piperidine rings is 1. The van der Waals surface area contributed by atoms with Crippen molar-refractivity contribution in [3.05, 3.63) is 0 Å². The van der Waals surface area contributed by atoms with Gasteiger partial charge in [-0.15, -0.1) is 0 Å². The fourth-order valence-electron chi connectivity index (χ4n) is 5.89. The molecule has 0 aromatic rings. The number of rotatable bonds is 8. The Kier molecular flexibility index (Phi) is 7.83. The van der Waals surface area contributed by atoms with Crippen LogP contribution in [0.1, 0.15) is 33.1 Å². The lowest BCUT2D eigenvalue weighted by Crippen LogP contribution is -2.57. The third-order valence-electron chi connectivity index (χ3n) is 7.56. The maximum absolute atomic E-state index is 13.1. The first-order chi connectivity index (χ1) is 16.2. The van der Waals surface area contributed by atoms with Gasteiger partial charge in [-0.05, 0) is 25.2 Å². The number of likely N-dealkylation sites (tertiary alicyclic amines) is 1. The van der Waals surface area contributed by atoms with Gasteiger partial charge in [0.15, 0.2) is 6.29 Å². The molecule has 4 rings (SSSR count). The van der Waals surface area contributed by atoms with Crippen LogP contribution < -0.4 is 16.8 Å². The summed E-state index contributed by atoms with van der Waals surface area (Å²) in [6.45, 7) is 7.54. The van der Waals surface area contributed by atoms with Crippen LogP contribution in [-0.2, 0) is 19.0 Å². The number of amides is 4. The number of fused-ring (bicyclic) bond motifs is 1. The number of nitrogens with zero attached hydrogens (tertiary/aromatic N) is 2. The van der Waals surface area contributed by atoms with Gasteiger partial charge in [-0.25, -0.2) is 9.59 Å². The Labute approximate surface area is 200 Å². The SMILES string of the molecule is CC(C)CN(CCCNC(=O)OC1C2COC3OCC1C3C2)C(=O)N1CCC(C(N)=O)C(N)C1. The van der Waals surface area contributed by atoms with E-state index in [1.807, 2.05) is 0 Å². The summed E-state index contributed by atoms with van der Waals surface area (Å²) in [7, 11) is 0. The van der Waals surface area contributed by atoms with E-state index in [0.717, 1.165) is 6.42 Å². The van der Waals surface area contributed by atoms with E-state index in [-0.39, 0.29) is 30.3 Å². The van der Waals surface area contributed by atoms with Crippen LogP contribution in [-0.4, -0.2) is 92.2 Å². The van der Waals surface area contributed by atoms with Crippen molar-refractivity contribution in [3.8, 4) is 0 Å². The lowest BCUT2D eigenvalue weighted by Gasteiger charge is -2.38. The van der Waals surface area contributed by atoms with E-state index in [4.69, 9.17) is 25.7 Å². The maximum atomic E-state index is 13.1. The van der Waals surface area contributed by atoms with Crippen LogP contribution in [0.25, 0.3) is 0 Å². The second-order valence-corrected chi connectivity index (χ2v) is 10.5. The molecule has 3 aliphatic heterocycles. The number of carbonyl (C=O) groups excluding carboxylic acids is 3. The molecule has 11 nitrogen and oxygen atoms in total. The van der Waals surface area contributed by atoms with E-state index >= 15 is 0 Å². The summed E-state index contributed by atoms with van der Waals surface area (Å²) in [5.41, 5.74) is 11.5. The molecule has 1 aliphatic carbocycles. The quantitative estimate of drug-likeness (QED) is 0.423. The zero-order valence-corrected chi connectivity index (χ0v) is 20.2. The number of carbonyl (C=O) groups is 3. The lowest BCUT2D eigenvalue weighted by molar-refractivity contribution is -0.169. The molecule has 0 radical (unpaired) electrons. The van der Waals surface area contributed by atoms with Gasteiger partial charge < -0.3 is 40.8 Å². The number of hydrogen-bond acceptors (Lipinski definition) is 7. The molecular weight excluding hydrogens is 442 g/mol. The van der Waals surface area contributed by atoms with Gasteiger partial charge in [0.05, 0.1) is 19.1 Å². The highest BCUT2D eigenvalue weighted by atomic mass is 16.7. The number of nitrogens with one attached hydrogen (secondary N) is 1. The number of primary amides is 1. The summed E-state index contributed by atoms with van der Waals surface area (Å²) >= 11 is 0. The molecule has 3 heterocycles. The summed E-state index contributed by atoms with van der Waals surface area (Å²) < 4.78 is 17.1. The van der Waals surface area contributed by atoms with E-state index in [0.29, 0.717) is 70.6 Å². The average Bonchev–Trinajstić information content (AvgIpc) is 3.31. The van der Waals surface area contributed by atoms with Gasteiger partial charge in [-0.1, -0.05) is 13.8 Å². The van der Waals surface area contributed by atoms with E-state index in [9.17, 15) is 14.4 Å². The van der Waals surface area contributed by atoms with Gasteiger partial charge in [-0.3, -0.25) is 4.79 Å². The topological polar surface area (TPSA) is 149 Å².